The van der Waals surface area contributed by atoms with Gasteiger partial charge >= 0.3 is 0 Å². The molecule has 0 spiro atoms. The highest BCUT2D eigenvalue weighted by Crippen LogP contribution is 2.27. The van der Waals surface area contributed by atoms with E-state index in [4.69, 9.17) is 4.74 Å². The zero-order chi connectivity index (χ0) is 20.9. The second-order valence-electron chi connectivity index (χ2n) is 7.35. The van der Waals surface area contributed by atoms with Gasteiger partial charge in [-0.1, -0.05) is 12.1 Å². The molecule has 30 heavy (non-hydrogen) atoms. The SMILES string of the molecule is Cc1csc(Nc2ncccc2OCc2cccc(C(=O)N3CCN(C)CC3)c2)n1. The summed E-state index contributed by atoms with van der Waals surface area (Å²) < 4.78 is 6.02. The molecule has 4 rings (SSSR count). The minimum absolute atomic E-state index is 0.0767. The molecule has 1 fully saturated rings. The molecule has 0 bridgehead atoms. The maximum Gasteiger partial charge on any atom is 0.253 e. The van der Waals surface area contributed by atoms with Crippen LogP contribution in [0.1, 0.15) is 21.6 Å². The summed E-state index contributed by atoms with van der Waals surface area (Å²) in [6, 6.07) is 11.4. The van der Waals surface area contributed by atoms with Gasteiger partial charge in [0, 0.05) is 43.3 Å². The maximum atomic E-state index is 12.8. The lowest BCUT2D eigenvalue weighted by Gasteiger charge is -2.32. The second kappa shape index (κ2) is 9.23. The fourth-order valence-corrected chi connectivity index (χ4v) is 3.95. The molecule has 2 aromatic heterocycles. The summed E-state index contributed by atoms with van der Waals surface area (Å²) in [5.74, 6) is 1.34. The lowest BCUT2D eigenvalue weighted by Crippen LogP contribution is -2.47. The minimum Gasteiger partial charge on any atom is -0.485 e. The van der Waals surface area contributed by atoms with Crippen LogP contribution in [0.25, 0.3) is 0 Å². The molecule has 1 saturated heterocycles. The number of aromatic nitrogens is 2. The number of carbonyl (C=O) groups is 1. The first-order chi connectivity index (χ1) is 14.6. The van der Waals surface area contributed by atoms with Gasteiger partial charge in [-0.2, -0.15) is 0 Å². The molecule has 1 aromatic carbocycles. The van der Waals surface area contributed by atoms with E-state index < -0.39 is 0 Å². The first-order valence-corrected chi connectivity index (χ1v) is 10.8. The van der Waals surface area contributed by atoms with Crippen molar-refractivity contribution < 1.29 is 9.53 Å². The third kappa shape index (κ3) is 4.95. The van der Waals surface area contributed by atoms with Gasteiger partial charge in [-0.25, -0.2) is 9.97 Å². The van der Waals surface area contributed by atoms with E-state index in [2.05, 4.69) is 27.2 Å². The van der Waals surface area contributed by atoms with E-state index in [1.54, 1.807) is 6.20 Å². The molecule has 0 aliphatic carbocycles. The average Bonchev–Trinajstić information content (AvgIpc) is 3.18. The van der Waals surface area contributed by atoms with Crippen molar-refractivity contribution in [1.29, 1.82) is 0 Å². The van der Waals surface area contributed by atoms with Crippen LogP contribution >= 0.6 is 11.3 Å². The van der Waals surface area contributed by atoms with Crippen molar-refractivity contribution in [3.05, 3.63) is 64.8 Å². The Bertz CT molecular complexity index is 1010. The summed E-state index contributed by atoms with van der Waals surface area (Å²) in [7, 11) is 2.08. The molecule has 3 aromatic rings. The summed E-state index contributed by atoms with van der Waals surface area (Å²) in [5, 5.41) is 5.97. The first kappa shape index (κ1) is 20.3. The number of nitrogens with one attached hydrogen (secondary N) is 1. The fourth-order valence-electron chi connectivity index (χ4n) is 3.26. The molecule has 3 heterocycles. The molecular formula is C22H25N5O2S. The molecule has 0 unspecified atom stereocenters. The number of nitrogens with zero attached hydrogens (tertiary/aromatic N) is 4. The monoisotopic (exact) mass is 423 g/mol. The number of pyridine rings is 1. The summed E-state index contributed by atoms with van der Waals surface area (Å²) in [5.41, 5.74) is 2.60. The van der Waals surface area contributed by atoms with Gasteiger partial charge in [0.05, 0.1) is 5.69 Å². The molecule has 1 aliphatic rings. The lowest BCUT2D eigenvalue weighted by atomic mass is 10.1. The van der Waals surface area contributed by atoms with Crippen molar-refractivity contribution in [3.8, 4) is 5.75 Å². The van der Waals surface area contributed by atoms with E-state index in [9.17, 15) is 4.79 Å². The van der Waals surface area contributed by atoms with Gasteiger partial charge in [0.25, 0.3) is 5.91 Å². The largest absolute Gasteiger partial charge is 0.485 e. The number of piperazine rings is 1. The molecular weight excluding hydrogens is 398 g/mol. The average molecular weight is 424 g/mol. The van der Waals surface area contributed by atoms with Crippen molar-refractivity contribution in [3.63, 3.8) is 0 Å². The number of aryl methyl sites for hydroxylation is 1. The van der Waals surface area contributed by atoms with Gasteiger partial charge < -0.3 is 19.9 Å². The third-order valence-corrected chi connectivity index (χ3v) is 5.85. The number of anilines is 2. The number of ether oxygens (including phenoxy) is 1. The van der Waals surface area contributed by atoms with Gasteiger partial charge in [-0.15, -0.1) is 11.3 Å². The number of benzene rings is 1. The van der Waals surface area contributed by atoms with Crippen molar-refractivity contribution in [2.45, 2.75) is 13.5 Å². The molecule has 1 aliphatic heterocycles. The quantitative estimate of drug-likeness (QED) is 0.654. The first-order valence-electron chi connectivity index (χ1n) is 9.92. The maximum absolute atomic E-state index is 12.8. The lowest BCUT2D eigenvalue weighted by molar-refractivity contribution is 0.0664. The Labute approximate surface area is 180 Å². The van der Waals surface area contributed by atoms with Gasteiger partial charge in [-0.05, 0) is 43.8 Å². The fraction of sp³-hybridized carbons (Fsp3) is 0.318. The van der Waals surface area contributed by atoms with E-state index in [0.29, 0.717) is 23.7 Å². The molecule has 0 saturated carbocycles. The minimum atomic E-state index is 0.0767. The molecule has 156 valence electrons. The van der Waals surface area contributed by atoms with Crippen LogP contribution < -0.4 is 10.1 Å². The van der Waals surface area contributed by atoms with E-state index in [0.717, 1.165) is 42.6 Å². The number of likely N-dealkylation sites (N-methyl/N-ethyl adjacent to an activating group) is 1. The Kier molecular flexibility index (Phi) is 6.25. The van der Waals surface area contributed by atoms with Crippen LogP contribution in [-0.4, -0.2) is 58.9 Å². The van der Waals surface area contributed by atoms with E-state index in [-0.39, 0.29) is 5.91 Å². The Balaban J connectivity index is 1.42. The van der Waals surface area contributed by atoms with Crippen molar-refractivity contribution in [2.75, 3.05) is 38.5 Å². The van der Waals surface area contributed by atoms with Crippen LogP contribution in [0, 0.1) is 6.92 Å². The Morgan fingerprint density at radius 1 is 1.20 bits per heavy atom. The number of hydrogen-bond donors (Lipinski definition) is 1. The smallest absolute Gasteiger partial charge is 0.253 e. The van der Waals surface area contributed by atoms with Crippen LogP contribution in [0.5, 0.6) is 5.75 Å². The van der Waals surface area contributed by atoms with Crippen molar-refractivity contribution >= 4 is 28.2 Å². The molecule has 0 atom stereocenters. The van der Waals surface area contributed by atoms with Crippen LogP contribution in [-0.2, 0) is 6.61 Å². The standard InChI is InChI=1S/C22H25N5O2S/c1-16-15-30-22(24-16)25-20-19(7-4-8-23-20)29-14-17-5-3-6-18(13-17)21(28)27-11-9-26(2)10-12-27/h3-8,13,15H,9-12,14H2,1-2H3,(H,23,24,25). The number of hydrogen-bond acceptors (Lipinski definition) is 7. The molecule has 1 N–H and O–H groups in total. The Morgan fingerprint density at radius 2 is 2.03 bits per heavy atom. The zero-order valence-corrected chi connectivity index (χ0v) is 18.0. The van der Waals surface area contributed by atoms with Gasteiger partial charge in [0.2, 0.25) is 0 Å². The van der Waals surface area contributed by atoms with Crippen molar-refractivity contribution in [1.82, 2.24) is 19.8 Å². The zero-order valence-electron chi connectivity index (χ0n) is 17.2. The van der Waals surface area contributed by atoms with Gasteiger partial charge in [-0.3, -0.25) is 4.79 Å². The van der Waals surface area contributed by atoms with E-state index in [1.165, 1.54) is 11.3 Å². The molecule has 0 radical (unpaired) electrons. The van der Waals surface area contributed by atoms with Crippen molar-refractivity contribution in [2.24, 2.45) is 0 Å². The highest BCUT2D eigenvalue weighted by Gasteiger charge is 2.20. The second-order valence-corrected chi connectivity index (χ2v) is 8.21. The summed E-state index contributed by atoms with van der Waals surface area (Å²) >= 11 is 1.52. The molecule has 1 amide bonds. The van der Waals surface area contributed by atoms with Gasteiger partial charge in [0.1, 0.15) is 6.61 Å². The van der Waals surface area contributed by atoms with E-state index in [1.807, 2.05) is 53.6 Å². The van der Waals surface area contributed by atoms with Gasteiger partial charge in [0.15, 0.2) is 16.7 Å². The highest BCUT2D eigenvalue weighted by atomic mass is 32.1. The number of thiazole rings is 1. The van der Waals surface area contributed by atoms with Crippen LogP contribution in [0.4, 0.5) is 10.9 Å². The number of carbonyl (C=O) groups excluding carboxylic acids is 1. The third-order valence-electron chi connectivity index (χ3n) is 4.97. The van der Waals surface area contributed by atoms with Crippen LogP contribution in [0.15, 0.2) is 48.0 Å². The number of amides is 1. The predicted molar refractivity (Wildman–Crippen MR) is 119 cm³/mol. The Morgan fingerprint density at radius 3 is 2.80 bits per heavy atom. The number of rotatable bonds is 6. The van der Waals surface area contributed by atoms with Crippen LogP contribution in [0.3, 0.4) is 0 Å². The Hall–Kier alpha value is -2.97. The predicted octanol–water partition coefficient (Wildman–Crippen LogP) is 3.56. The normalized spacial score (nSPS) is 14.5. The summed E-state index contributed by atoms with van der Waals surface area (Å²) in [6.07, 6.45) is 1.71. The summed E-state index contributed by atoms with van der Waals surface area (Å²) in [6.45, 7) is 5.64. The molecule has 8 heteroatoms. The van der Waals surface area contributed by atoms with Crippen LogP contribution in [0.2, 0.25) is 0 Å². The van der Waals surface area contributed by atoms with E-state index >= 15 is 0 Å². The highest BCUT2D eigenvalue weighted by molar-refractivity contribution is 7.13. The topological polar surface area (TPSA) is 70.6 Å². The summed E-state index contributed by atoms with van der Waals surface area (Å²) in [4.78, 5) is 25.8. The molecule has 7 nitrogen and oxygen atoms in total.